The third-order valence-corrected chi connectivity index (χ3v) is 12.5. The van der Waals surface area contributed by atoms with Crippen molar-refractivity contribution in [3.8, 4) is 12.3 Å². The fraction of sp³-hybridized carbons (Fsp3) is 0.462. The number of H-pyrrole nitrogens is 1. The van der Waals surface area contributed by atoms with Crippen molar-refractivity contribution < 1.29 is 80.5 Å². The molecule has 4 aromatic heterocycles. The molecule has 2 fully saturated rings. The Morgan fingerprint density at radius 3 is 2.30 bits per heavy atom. The highest BCUT2D eigenvalue weighted by Crippen LogP contribution is 2.67. The van der Waals surface area contributed by atoms with Crippen LogP contribution < -0.4 is 21.2 Å². The van der Waals surface area contributed by atoms with E-state index in [1.165, 1.54) is 39.5 Å². The summed E-state index contributed by atoms with van der Waals surface area (Å²) in [6.45, 7) is -1.93. The largest absolute Gasteiger partial charge is 0.490 e. The first-order chi connectivity index (χ1) is 26.3. The van der Waals surface area contributed by atoms with Crippen molar-refractivity contribution in [2.24, 2.45) is 7.05 Å². The van der Waals surface area contributed by atoms with Gasteiger partial charge in [-0.15, -0.1) is 6.42 Å². The van der Waals surface area contributed by atoms with Crippen LogP contribution in [-0.2, 0) is 47.9 Å². The average Bonchev–Trinajstić information content (AvgIpc) is 3.84. The summed E-state index contributed by atoms with van der Waals surface area (Å²) in [6, 6.07) is 0. The van der Waals surface area contributed by atoms with Crippen LogP contribution in [0.1, 0.15) is 12.5 Å². The number of phosphoric acid groups is 3. The van der Waals surface area contributed by atoms with E-state index in [-0.39, 0.29) is 40.6 Å². The summed E-state index contributed by atoms with van der Waals surface area (Å²) < 4.78 is 70.0. The summed E-state index contributed by atoms with van der Waals surface area (Å²) in [5, 5.41) is 45.3. The summed E-state index contributed by atoms with van der Waals surface area (Å²) in [4.78, 5) is 61.7. The van der Waals surface area contributed by atoms with Crippen LogP contribution in [0.25, 0.3) is 22.3 Å². The molecule has 0 spiro atoms. The maximum Gasteiger partial charge on any atom is 0.490 e. The van der Waals surface area contributed by atoms with Crippen molar-refractivity contribution in [3.63, 3.8) is 0 Å². The van der Waals surface area contributed by atoms with Crippen molar-refractivity contribution >= 4 is 57.6 Å². The van der Waals surface area contributed by atoms with E-state index < -0.39 is 91.3 Å². The number of ether oxygens (including phenoxy) is 2. The standard InChI is InChI=1S/C26H33N10O17P3/c1-3-4-5-6-28-26-32-22-15(23(41)33-26)34(2)11-36(22)25-19(40)17(38)13(51-25)8-49-55(44,45)53-56(46,47)52-54(42,43)48-7-12-16(37)18(39)24(50-12)35-10-31-14-20(27)29-9-30-21(14)35/h1,4-5,9-13,16-19,24-25,37-40H,6-8H2,2H3,(H6-,27,28,29,30,32,33,41,42,43,44,45,46,47)/p+1/t12-,13-,16?,17+,18+,19?,24-,25-/m1/s1. The third kappa shape index (κ3) is 8.76. The molecule has 6 heterocycles. The van der Waals surface area contributed by atoms with Gasteiger partial charge in [-0.1, -0.05) is 17.0 Å². The zero-order valence-electron chi connectivity index (χ0n) is 28.5. The maximum absolute atomic E-state index is 12.8. The van der Waals surface area contributed by atoms with Gasteiger partial charge in [0.05, 0.1) is 26.6 Å². The lowest BCUT2D eigenvalue weighted by Gasteiger charge is -2.21. The Morgan fingerprint density at radius 2 is 1.64 bits per heavy atom. The highest BCUT2D eigenvalue weighted by Gasteiger charge is 2.50. The first-order valence-corrected chi connectivity index (χ1v) is 20.3. The summed E-state index contributed by atoms with van der Waals surface area (Å²) >= 11 is 0. The van der Waals surface area contributed by atoms with E-state index in [0.29, 0.717) is 0 Å². The molecule has 2 aliphatic rings. The molecule has 5 unspecified atom stereocenters. The minimum Gasteiger partial charge on any atom is -0.387 e. The summed E-state index contributed by atoms with van der Waals surface area (Å²) in [5.74, 6) is 2.32. The van der Waals surface area contributed by atoms with E-state index in [4.69, 9.17) is 21.6 Å². The van der Waals surface area contributed by atoms with E-state index in [9.17, 15) is 53.6 Å². The molecule has 2 saturated heterocycles. The first kappa shape index (κ1) is 41.6. The number of aliphatic hydroxyl groups is 4. The molecule has 56 heavy (non-hydrogen) atoms. The van der Waals surface area contributed by atoms with Gasteiger partial charge in [0.1, 0.15) is 48.5 Å². The van der Waals surface area contributed by atoms with Crippen LogP contribution in [0.5, 0.6) is 0 Å². The van der Waals surface area contributed by atoms with Crippen LogP contribution in [0.3, 0.4) is 0 Å². The third-order valence-electron chi connectivity index (χ3n) is 8.20. The Hall–Kier alpha value is -4.03. The number of fused-ring (bicyclic) bond motifs is 2. The zero-order valence-corrected chi connectivity index (χ0v) is 31.1. The predicted octanol–water partition coefficient (Wildman–Crippen LogP) is -2.82. The van der Waals surface area contributed by atoms with Crippen LogP contribution in [0, 0.1) is 12.3 Å². The molecular weight excluding hydrogens is 817 g/mol. The Morgan fingerprint density at radius 1 is 1.00 bits per heavy atom. The highest BCUT2D eigenvalue weighted by molar-refractivity contribution is 7.66. The van der Waals surface area contributed by atoms with Gasteiger partial charge in [0.25, 0.3) is 11.5 Å². The molecule has 0 radical (unpaired) electrons. The molecule has 0 saturated carbocycles. The van der Waals surface area contributed by atoms with Gasteiger partial charge >= 0.3 is 29.1 Å². The molecule has 0 aromatic carbocycles. The Kier molecular flexibility index (Phi) is 11.9. The number of hydrogen-bond acceptors (Lipinski definition) is 20. The lowest BCUT2D eigenvalue weighted by Crippen LogP contribution is -2.46. The van der Waals surface area contributed by atoms with Gasteiger partial charge in [-0.3, -0.25) is 28.0 Å². The van der Waals surface area contributed by atoms with E-state index >= 15 is 0 Å². The quantitative estimate of drug-likeness (QED) is 0.0327. The number of rotatable bonds is 15. The van der Waals surface area contributed by atoms with Gasteiger partial charge < -0.3 is 55.6 Å². The number of phosphoric ester groups is 2. The molecule has 11 atom stereocenters. The normalized spacial score (nSPS) is 28.7. The number of imidazole rings is 2. The van der Waals surface area contributed by atoms with Crippen molar-refractivity contribution in [1.82, 2.24) is 34.1 Å². The van der Waals surface area contributed by atoms with Gasteiger partial charge in [0, 0.05) is 6.54 Å². The number of nitrogens with one attached hydrogen (secondary N) is 2. The second-order valence-corrected chi connectivity index (χ2v) is 16.6. The van der Waals surface area contributed by atoms with Crippen molar-refractivity contribution in [2.75, 3.05) is 30.8 Å². The fourth-order valence-electron chi connectivity index (χ4n) is 5.71. The number of nitrogens with zero attached hydrogens (tertiary/aromatic N) is 7. The SMILES string of the molecule is C#CC=CCNc1nc2c(c(=O)[nH]1)n(C)c[n+]2[C@@H]1O[C@H](COP(=O)(O)OP(=O)(O)OP(=O)(O)OC[C@H]2O[C@@H](n3cnc4c(N)ncnc43)[C@@H](O)C2O)[C@H](O)C1O. The van der Waals surface area contributed by atoms with E-state index in [2.05, 4.69) is 53.8 Å². The number of aryl methyl sites for hydroxylation is 1. The Balaban J connectivity index is 1.05. The number of aromatic amines is 1. The number of aliphatic hydroxyl groups excluding tert-OH is 4. The first-order valence-electron chi connectivity index (χ1n) is 15.8. The minimum absolute atomic E-state index is 0.00755. The molecule has 11 N–H and O–H groups in total. The molecule has 304 valence electrons. The fourth-order valence-corrected chi connectivity index (χ4v) is 9.23. The molecule has 6 rings (SSSR count). The second kappa shape index (κ2) is 16.1. The Labute approximate surface area is 312 Å². The van der Waals surface area contributed by atoms with Crippen molar-refractivity contribution in [3.05, 3.63) is 41.5 Å². The minimum atomic E-state index is -5.99. The number of anilines is 2. The molecule has 30 heteroatoms. The van der Waals surface area contributed by atoms with Gasteiger partial charge in [0.15, 0.2) is 24.0 Å². The lowest BCUT2D eigenvalue weighted by atomic mass is 10.1. The van der Waals surface area contributed by atoms with Crippen LogP contribution in [0.2, 0.25) is 0 Å². The van der Waals surface area contributed by atoms with Crippen molar-refractivity contribution in [2.45, 2.75) is 49.1 Å². The smallest absolute Gasteiger partial charge is 0.387 e. The molecule has 0 aliphatic carbocycles. The molecule has 4 aromatic rings. The van der Waals surface area contributed by atoms with Crippen LogP contribution >= 0.6 is 23.5 Å². The summed E-state index contributed by atoms with van der Waals surface area (Å²) in [7, 11) is -15.9. The van der Waals surface area contributed by atoms with E-state index in [0.717, 1.165) is 6.33 Å². The predicted molar refractivity (Wildman–Crippen MR) is 183 cm³/mol. The number of allylic oxidation sites excluding steroid dienone is 1. The van der Waals surface area contributed by atoms with E-state index in [1.807, 2.05) is 0 Å². The molecule has 2 aliphatic heterocycles. The molecular formula is C26H34N10O17P3+. The summed E-state index contributed by atoms with van der Waals surface area (Å²) in [6.07, 6.45) is -1.20. The number of nitrogens with two attached hydrogens (primary N) is 1. The lowest BCUT2D eigenvalue weighted by molar-refractivity contribution is -0.745. The van der Waals surface area contributed by atoms with Crippen molar-refractivity contribution in [1.29, 1.82) is 0 Å². The number of terminal acetylenes is 1. The highest BCUT2D eigenvalue weighted by atomic mass is 31.3. The van der Waals surface area contributed by atoms with Gasteiger partial charge in [0.2, 0.25) is 11.7 Å². The van der Waals surface area contributed by atoms with Crippen LogP contribution in [0.15, 0.2) is 35.9 Å². The monoisotopic (exact) mass is 851 g/mol. The topological polar surface area (TPSA) is 384 Å². The second-order valence-electron chi connectivity index (χ2n) is 12.0. The average molecular weight is 852 g/mol. The zero-order chi connectivity index (χ0) is 40.7. The van der Waals surface area contributed by atoms with Gasteiger partial charge in [-0.05, 0) is 6.08 Å². The maximum atomic E-state index is 12.8. The Bertz CT molecular complexity index is 2380. The van der Waals surface area contributed by atoms with Crippen LogP contribution in [0.4, 0.5) is 11.8 Å². The molecule has 0 bridgehead atoms. The van der Waals surface area contributed by atoms with Gasteiger partial charge in [-0.2, -0.15) is 8.62 Å². The number of hydrogen-bond donors (Lipinski definition) is 10. The molecule has 0 amide bonds. The molecule has 27 nitrogen and oxygen atoms in total. The number of nitrogen functional groups attached to an aromatic ring is 1. The summed E-state index contributed by atoms with van der Waals surface area (Å²) in [5.41, 5.74) is 5.45. The van der Waals surface area contributed by atoms with Crippen LogP contribution in [-0.4, -0.2) is 126 Å². The number of aromatic nitrogens is 8. The van der Waals surface area contributed by atoms with Gasteiger partial charge in [-0.25, -0.2) is 33.2 Å². The van der Waals surface area contributed by atoms with E-state index in [1.54, 1.807) is 6.08 Å².